The lowest BCUT2D eigenvalue weighted by molar-refractivity contribution is -0.384. The molecule has 1 aliphatic heterocycles. The highest BCUT2D eigenvalue weighted by atomic mass is 35.5. The van der Waals surface area contributed by atoms with Crippen molar-refractivity contribution in [3.05, 3.63) is 50.0 Å². The maximum Gasteiger partial charge on any atom is 0.289 e. The number of carbonyl (C=O) groups excluding carboxylic acids is 2. The molecule has 2 N–H and O–H groups in total. The van der Waals surface area contributed by atoms with Crippen molar-refractivity contribution in [1.82, 2.24) is 15.8 Å². The average Bonchev–Trinajstić information content (AvgIpc) is 3.16. The molecule has 0 aliphatic carbocycles. The van der Waals surface area contributed by atoms with E-state index in [0.29, 0.717) is 31.4 Å². The molecule has 1 aliphatic rings. The van der Waals surface area contributed by atoms with Gasteiger partial charge in [-0.1, -0.05) is 11.6 Å². The number of anilines is 1. The molecule has 12 heteroatoms. The van der Waals surface area contributed by atoms with E-state index in [1.54, 1.807) is 5.38 Å². The van der Waals surface area contributed by atoms with Gasteiger partial charge in [0.25, 0.3) is 17.5 Å². The number of hydrazine groups is 1. The van der Waals surface area contributed by atoms with E-state index < -0.39 is 16.7 Å². The number of amides is 2. The summed E-state index contributed by atoms with van der Waals surface area (Å²) in [6.07, 6.45) is 0. The van der Waals surface area contributed by atoms with Gasteiger partial charge in [0.1, 0.15) is 5.69 Å². The van der Waals surface area contributed by atoms with E-state index in [0.717, 1.165) is 12.1 Å². The lowest BCUT2D eigenvalue weighted by Gasteiger charge is -2.25. The Kier molecular flexibility index (Phi) is 5.84. The van der Waals surface area contributed by atoms with Crippen molar-refractivity contribution in [3.8, 4) is 0 Å². The number of non-ortho nitro benzene ring substituents is 1. The van der Waals surface area contributed by atoms with Gasteiger partial charge in [-0.05, 0) is 6.07 Å². The first-order valence-electron chi connectivity index (χ1n) is 7.78. The maximum absolute atomic E-state index is 12.2. The Morgan fingerprint density at radius 3 is 2.63 bits per heavy atom. The average molecular weight is 412 g/mol. The Morgan fingerprint density at radius 1 is 1.26 bits per heavy atom. The van der Waals surface area contributed by atoms with Crippen molar-refractivity contribution in [1.29, 1.82) is 0 Å². The summed E-state index contributed by atoms with van der Waals surface area (Å²) in [5.74, 6) is -1.29. The fourth-order valence-corrected chi connectivity index (χ4v) is 3.44. The molecule has 0 saturated carbocycles. The van der Waals surface area contributed by atoms with Crippen LogP contribution in [-0.2, 0) is 4.74 Å². The minimum atomic E-state index is -0.702. The van der Waals surface area contributed by atoms with E-state index in [1.807, 2.05) is 4.90 Å². The van der Waals surface area contributed by atoms with E-state index in [4.69, 9.17) is 16.3 Å². The van der Waals surface area contributed by atoms with Crippen molar-refractivity contribution >= 4 is 45.6 Å². The molecule has 2 amide bonds. The number of aromatic nitrogens is 1. The van der Waals surface area contributed by atoms with Crippen LogP contribution in [0.2, 0.25) is 5.02 Å². The Labute approximate surface area is 162 Å². The zero-order valence-corrected chi connectivity index (χ0v) is 15.4. The number of nitro benzene ring substituents is 1. The van der Waals surface area contributed by atoms with Crippen molar-refractivity contribution in [2.75, 3.05) is 31.2 Å². The summed E-state index contributed by atoms with van der Waals surface area (Å²) in [5.41, 5.74) is 4.38. The maximum atomic E-state index is 12.2. The number of halogens is 1. The van der Waals surface area contributed by atoms with Gasteiger partial charge in [-0.2, -0.15) is 0 Å². The van der Waals surface area contributed by atoms with Crippen LogP contribution in [0.25, 0.3) is 0 Å². The molecule has 1 aromatic carbocycles. The first kappa shape index (κ1) is 19.0. The van der Waals surface area contributed by atoms with Crippen LogP contribution in [-0.4, -0.2) is 48.0 Å². The molecule has 1 fully saturated rings. The van der Waals surface area contributed by atoms with Crippen LogP contribution in [0.4, 0.5) is 10.8 Å². The van der Waals surface area contributed by atoms with E-state index in [2.05, 4.69) is 15.8 Å². The Bertz CT molecular complexity index is 883. The van der Waals surface area contributed by atoms with Crippen LogP contribution < -0.4 is 15.8 Å². The van der Waals surface area contributed by atoms with Crippen LogP contribution >= 0.6 is 22.9 Å². The summed E-state index contributed by atoms with van der Waals surface area (Å²) in [6, 6.07) is 3.42. The zero-order valence-electron chi connectivity index (χ0n) is 13.8. The number of thiazole rings is 1. The molecular formula is C15H14ClN5O5S. The molecule has 0 spiro atoms. The van der Waals surface area contributed by atoms with Gasteiger partial charge in [0.2, 0.25) is 0 Å². The summed E-state index contributed by atoms with van der Waals surface area (Å²) in [7, 11) is 0. The van der Waals surface area contributed by atoms with Gasteiger partial charge in [-0.25, -0.2) is 4.98 Å². The predicted octanol–water partition coefficient (Wildman–Crippen LogP) is 1.62. The molecule has 27 heavy (non-hydrogen) atoms. The standard InChI is InChI=1S/C15H14ClN5O5S/c16-11-7-9(21(24)25)1-2-10(11)13(22)18-19-14(23)12-8-27-15(17-12)20-3-5-26-6-4-20/h1-2,7-8H,3-6H2,(H,18,22)(H,19,23). The predicted molar refractivity (Wildman–Crippen MR) is 98.2 cm³/mol. The van der Waals surface area contributed by atoms with Gasteiger partial charge < -0.3 is 9.64 Å². The molecule has 0 bridgehead atoms. The minimum absolute atomic E-state index is 0.00477. The lowest BCUT2D eigenvalue weighted by atomic mass is 10.2. The number of rotatable bonds is 4. The Morgan fingerprint density at radius 2 is 1.96 bits per heavy atom. The van der Waals surface area contributed by atoms with Gasteiger partial charge in [0.15, 0.2) is 5.13 Å². The molecule has 0 unspecified atom stereocenters. The fourth-order valence-electron chi connectivity index (χ4n) is 2.32. The summed E-state index contributed by atoms with van der Waals surface area (Å²) >= 11 is 7.21. The molecule has 1 aromatic heterocycles. The number of hydrogen-bond acceptors (Lipinski definition) is 8. The van der Waals surface area contributed by atoms with E-state index in [-0.39, 0.29) is 22.0 Å². The quantitative estimate of drug-likeness (QED) is 0.578. The molecule has 142 valence electrons. The second-order valence-corrected chi connectivity index (χ2v) is 6.69. The SMILES string of the molecule is O=C(NNC(=O)c1ccc([N+](=O)[O-])cc1Cl)c1csc(N2CCOCC2)n1. The van der Waals surface area contributed by atoms with Crippen LogP contribution in [0.1, 0.15) is 20.8 Å². The van der Waals surface area contributed by atoms with Crippen molar-refractivity contribution in [2.24, 2.45) is 0 Å². The largest absolute Gasteiger partial charge is 0.378 e. The highest BCUT2D eigenvalue weighted by molar-refractivity contribution is 7.13. The van der Waals surface area contributed by atoms with Crippen LogP contribution in [0.15, 0.2) is 23.6 Å². The number of nitro groups is 1. The highest BCUT2D eigenvalue weighted by Crippen LogP contribution is 2.23. The highest BCUT2D eigenvalue weighted by Gasteiger charge is 2.19. The van der Waals surface area contributed by atoms with Gasteiger partial charge >= 0.3 is 0 Å². The number of benzene rings is 1. The van der Waals surface area contributed by atoms with Crippen LogP contribution in [0.5, 0.6) is 0 Å². The number of ether oxygens (including phenoxy) is 1. The second-order valence-electron chi connectivity index (χ2n) is 5.44. The van der Waals surface area contributed by atoms with Gasteiger partial charge in [0, 0.05) is 30.6 Å². The van der Waals surface area contributed by atoms with Gasteiger partial charge in [0.05, 0.1) is 28.7 Å². The van der Waals surface area contributed by atoms with Crippen molar-refractivity contribution in [3.63, 3.8) is 0 Å². The fraction of sp³-hybridized carbons (Fsp3) is 0.267. The number of hydrogen-bond donors (Lipinski definition) is 2. The Balaban J connectivity index is 1.59. The molecule has 10 nitrogen and oxygen atoms in total. The summed E-state index contributed by atoms with van der Waals surface area (Å²) in [4.78, 5) is 40.6. The number of carbonyl (C=O) groups is 2. The molecular weight excluding hydrogens is 398 g/mol. The van der Waals surface area contributed by atoms with Gasteiger partial charge in [-0.3, -0.25) is 30.6 Å². The summed E-state index contributed by atoms with van der Waals surface area (Å²) in [5, 5.41) is 12.9. The molecule has 1 saturated heterocycles. The number of nitrogens with one attached hydrogen (secondary N) is 2. The number of nitrogens with zero attached hydrogens (tertiary/aromatic N) is 3. The smallest absolute Gasteiger partial charge is 0.289 e. The third-order valence-electron chi connectivity index (χ3n) is 3.70. The minimum Gasteiger partial charge on any atom is -0.378 e. The molecule has 0 atom stereocenters. The summed E-state index contributed by atoms with van der Waals surface area (Å²) < 4.78 is 5.27. The normalized spacial score (nSPS) is 13.9. The van der Waals surface area contributed by atoms with E-state index in [9.17, 15) is 19.7 Å². The lowest BCUT2D eigenvalue weighted by Crippen LogP contribution is -2.42. The van der Waals surface area contributed by atoms with Crippen LogP contribution in [0, 0.1) is 10.1 Å². The van der Waals surface area contributed by atoms with Gasteiger partial charge in [-0.15, -0.1) is 11.3 Å². The molecule has 2 heterocycles. The first-order chi connectivity index (χ1) is 13.0. The monoisotopic (exact) mass is 411 g/mol. The third-order valence-corrected chi connectivity index (χ3v) is 4.92. The van der Waals surface area contributed by atoms with Crippen molar-refractivity contribution in [2.45, 2.75) is 0 Å². The van der Waals surface area contributed by atoms with Crippen molar-refractivity contribution < 1.29 is 19.2 Å². The van der Waals surface area contributed by atoms with E-state index >= 15 is 0 Å². The van der Waals surface area contributed by atoms with E-state index in [1.165, 1.54) is 17.4 Å². The molecule has 3 rings (SSSR count). The number of morpholine rings is 1. The topological polar surface area (TPSA) is 127 Å². The molecule has 2 aromatic rings. The molecule has 0 radical (unpaired) electrons. The summed E-state index contributed by atoms with van der Waals surface area (Å²) in [6.45, 7) is 2.61. The second kappa shape index (κ2) is 8.29. The first-order valence-corrected chi connectivity index (χ1v) is 9.04. The third kappa shape index (κ3) is 4.51. The Hall–Kier alpha value is -2.76. The van der Waals surface area contributed by atoms with Crippen LogP contribution in [0.3, 0.4) is 0 Å². The zero-order chi connectivity index (χ0) is 19.4.